The van der Waals surface area contributed by atoms with Gasteiger partial charge in [-0.3, -0.25) is 9.36 Å². The molecule has 160 valence electrons. The first-order chi connectivity index (χ1) is 15.3. The van der Waals surface area contributed by atoms with Crippen molar-refractivity contribution in [3.8, 4) is 5.75 Å². The van der Waals surface area contributed by atoms with Crippen LogP contribution in [-0.4, -0.2) is 28.9 Å². The van der Waals surface area contributed by atoms with E-state index in [-0.39, 0.29) is 39.6 Å². The van der Waals surface area contributed by atoms with Crippen molar-refractivity contribution in [1.29, 1.82) is 0 Å². The molecule has 2 aromatic carbocycles. The van der Waals surface area contributed by atoms with Gasteiger partial charge >= 0.3 is 0 Å². The number of aromatic hydroxyl groups is 1. The van der Waals surface area contributed by atoms with Crippen LogP contribution < -0.4 is 10.9 Å². The molecule has 0 atom stereocenters. The Morgan fingerprint density at radius 3 is 2.69 bits per heavy atom. The molecule has 3 heterocycles. The second-order valence-electron chi connectivity index (χ2n) is 7.16. The highest BCUT2D eigenvalue weighted by Gasteiger charge is 2.29. The number of pyridine rings is 2. The highest BCUT2D eigenvalue weighted by atomic mass is 32.2. The van der Waals surface area contributed by atoms with Gasteiger partial charge in [-0.15, -0.1) is 4.40 Å². The smallest absolute Gasteiger partial charge is 0.286 e. The fraction of sp³-hybridized carbons (Fsp3) is 0.0455. The summed E-state index contributed by atoms with van der Waals surface area (Å²) in [6.45, 7) is -0.0476. The second-order valence-corrected chi connectivity index (χ2v) is 8.73. The Hall–Kier alpha value is -4.05. The van der Waals surface area contributed by atoms with Gasteiger partial charge in [-0.05, 0) is 42.0 Å². The van der Waals surface area contributed by atoms with Crippen molar-refractivity contribution in [1.82, 2.24) is 9.55 Å². The molecule has 0 aliphatic carbocycles. The molecule has 0 spiro atoms. The lowest BCUT2D eigenvalue weighted by Gasteiger charge is -2.20. The molecule has 0 unspecified atom stereocenters. The van der Waals surface area contributed by atoms with Crippen LogP contribution in [0.5, 0.6) is 5.75 Å². The Labute approximate surface area is 181 Å². The van der Waals surface area contributed by atoms with E-state index in [1.54, 1.807) is 30.3 Å². The highest BCUT2D eigenvalue weighted by molar-refractivity contribution is 7.90. The van der Waals surface area contributed by atoms with Gasteiger partial charge in [0.05, 0.1) is 17.6 Å². The van der Waals surface area contributed by atoms with Gasteiger partial charge in [0.1, 0.15) is 27.7 Å². The van der Waals surface area contributed by atoms with Crippen molar-refractivity contribution in [2.45, 2.75) is 11.4 Å². The maximum Gasteiger partial charge on any atom is 0.286 e. The minimum absolute atomic E-state index is 0.0363. The Kier molecular flexibility index (Phi) is 4.52. The van der Waals surface area contributed by atoms with Gasteiger partial charge < -0.3 is 10.4 Å². The molecule has 1 aliphatic heterocycles. The molecular weight excluding hydrogens is 435 g/mol. The molecule has 32 heavy (non-hydrogen) atoms. The van der Waals surface area contributed by atoms with Gasteiger partial charge in [0.2, 0.25) is 0 Å². The molecule has 0 amide bonds. The number of sulfonamides is 1. The third-order valence-electron chi connectivity index (χ3n) is 5.09. The maximum atomic E-state index is 13.7. The summed E-state index contributed by atoms with van der Waals surface area (Å²) < 4.78 is 44.1. The predicted molar refractivity (Wildman–Crippen MR) is 117 cm³/mol. The number of nitrogens with zero attached hydrogens (tertiary/aromatic N) is 3. The average Bonchev–Trinajstić information content (AvgIpc) is 2.76. The first-order valence-electron chi connectivity index (χ1n) is 9.51. The van der Waals surface area contributed by atoms with Crippen molar-refractivity contribution < 1.29 is 17.9 Å². The number of para-hydroxylation sites is 1. The Morgan fingerprint density at radius 2 is 1.88 bits per heavy atom. The van der Waals surface area contributed by atoms with E-state index in [4.69, 9.17) is 0 Å². The minimum Gasteiger partial charge on any atom is -0.506 e. The van der Waals surface area contributed by atoms with E-state index >= 15 is 0 Å². The molecule has 0 bridgehead atoms. The van der Waals surface area contributed by atoms with Gasteiger partial charge in [0.25, 0.3) is 15.6 Å². The van der Waals surface area contributed by atoms with Crippen LogP contribution in [0.15, 0.2) is 80.9 Å². The fourth-order valence-corrected chi connectivity index (χ4v) is 4.79. The van der Waals surface area contributed by atoms with Crippen molar-refractivity contribution >= 4 is 32.6 Å². The van der Waals surface area contributed by atoms with Gasteiger partial charge in [0.15, 0.2) is 5.84 Å². The number of anilines is 1. The largest absolute Gasteiger partial charge is 0.506 e. The molecule has 10 heteroatoms. The molecule has 0 saturated heterocycles. The standard InChI is InChI=1S/C22H15FN4O4S/c23-14-6-3-5-13(11-14)12-27-21-15(7-4-10-24-21)19(28)18(22(27)29)20-25-16-8-1-2-9-17(16)32(30,31)26-20/h1-11,28H,12H2,(H,25,26). The maximum absolute atomic E-state index is 13.7. The predicted octanol–water partition coefficient (Wildman–Crippen LogP) is 2.85. The molecule has 0 saturated carbocycles. The quantitative estimate of drug-likeness (QED) is 0.496. The number of hydrogen-bond acceptors (Lipinski definition) is 6. The first-order valence-corrected chi connectivity index (χ1v) is 11.0. The Bertz CT molecular complexity index is 1600. The van der Waals surface area contributed by atoms with Crippen LogP contribution in [0, 0.1) is 5.82 Å². The number of nitrogens with one attached hydrogen (secondary N) is 1. The van der Waals surface area contributed by atoms with Crippen LogP contribution >= 0.6 is 0 Å². The summed E-state index contributed by atoms with van der Waals surface area (Å²) in [5.41, 5.74) is -0.145. The van der Waals surface area contributed by atoms with Crippen LogP contribution in [0.25, 0.3) is 11.0 Å². The topological polar surface area (TPSA) is 114 Å². The van der Waals surface area contributed by atoms with E-state index in [0.717, 1.165) is 0 Å². The van der Waals surface area contributed by atoms with E-state index in [9.17, 15) is 22.7 Å². The highest BCUT2D eigenvalue weighted by Crippen LogP contribution is 2.31. The number of amidine groups is 1. The molecule has 1 aliphatic rings. The summed E-state index contributed by atoms with van der Waals surface area (Å²) >= 11 is 0. The van der Waals surface area contributed by atoms with Gasteiger partial charge in [-0.1, -0.05) is 24.3 Å². The van der Waals surface area contributed by atoms with Crippen LogP contribution in [0.3, 0.4) is 0 Å². The lowest BCUT2D eigenvalue weighted by atomic mass is 10.1. The molecule has 2 N–H and O–H groups in total. The number of hydrogen-bond donors (Lipinski definition) is 2. The number of aromatic nitrogens is 2. The normalized spacial score (nSPS) is 14.5. The minimum atomic E-state index is -4.10. The third-order valence-corrected chi connectivity index (χ3v) is 6.42. The number of halogens is 1. The summed E-state index contributed by atoms with van der Waals surface area (Å²) in [5.74, 6) is -1.22. The monoisotopic (exact) mass is 450 g/mol. The van der Waals surface area contributed by atoms with Crippen molar-refractivity contribution in [3.63, 3.8) is 0 Å². The third kappa shape index (κ3) is 3.21. The molecule has 8 nitrogen and oxygen atoms in total. The van der Waals surface area contributed by atoms with Crippen molar-refractivity contribution in [2.75, 3.05) is 5.32 Å². The van der Waals surface area contributed by atoms with Gasteiger partial charge in [-0.25, -0.2) is 9.37 Å². The Balaban J connectivity index is 1.77. The molecule has 5 rings (SSSR count). The molecule has 0 fully saturated rings. The van der Waals surface area contributed by atoms with E-state index in [1.807, 2.05) is 0 Å². The van der Waals surface area contributed by atoms with Crippen LogP contribution in [-0.2, 0) is 16.6 Å². The van der Waals surface area contributed by atoms with Crippen LogP contribution in [0.2, 0.25) is 0 Å². The SMILES string of the molecule is O=c1c(C2=NS(=O)(=O)c3ccccc3N2)c(O)c2cccnc2n1Cc1cccc(F)c1. The summed E-state index contributed by atoms with van der Waals surface area (Å²) in [4.78, 5) is 17.6. The van der Waals surface area contributed by atoms with E-state index in [1.165, 1.54) is 41.1 Å². The summed E-state index contributed by atoms with van der Waals surface area (Å²) in [6, 6.07) is 15.0. The molecule has 2 aromatic heterocycles. The van der Waals surface area contributed by atoms with Gasteiger partial charge in [-0.2, -0.15) is 8.42 Å². The molecule has 4 aromatic rings. The molecular formula is C22H15FN4O4S. The van der Waals surface area contributed by atoms with Crippen LogP contribution in [0.4, 0.5) is 10.1 Å². The van der Waals surface area contributed by atoms with E-state index in [2.05, 4.69) is 14.7 Å². The lowest BCUT2D eigenvalue weighted by molar-refractivity contribution is 0.477. The average molecular weight is 450 g/mol. The van der Waals surface area contributed by atoms with Crippen molar-refractivity contribution in [3.05, 3.63) is 94.2 Å². The lowest BCUT2D eigenvalue weighted by Crippen LogP contribution is -2.33. The molecule has 0 radical (unpaired) electrons. The zero-order valence-corrected chi connectivity index (χ0v) is 17.2. The summed E-state index contributed by atoms with van der Waals surface area (Å²) in [6.07, 6.45) is 1.46. The number of rotatable bonds is 3. The van der Waals surface area contributed by atoms with Crippen molar-refractivity contribution in [2.24, 2.45) is 4.40 Å². The fourth-order valence-electron chi connectivity index (χ4n) is 3.66. The zero-order chi connectivity index (χ0) is 22.5. The summed E-state index contributed by atoms with van der Waals surface area (Å²) in [5, 5.41) is 14.0. The van der Waals surface area contributed by atoms with E-state index < -0.39 is 27.1 Å². The first kappa shape index (κ1) is 19.9. The van der Waals surface area contributed by atoms with E-state index in [0.29, 0.717) is 5.56 Å². The Morgan fingerprint density at radius 1 is 1.06 bits per heavy atom. The van der Waals surface area contributed by atoms with Crippen LogP contribution in [0.1, 0.15) is 11.1 Å². The number of benzene rings is 2. The second kappa shape index (κ2) is 7.27. The van der Waals surface area contributed by atoms with Gasteiger partial charge in [0, 0.05) is 6.20 Å². The zero-order valence-electron chi connectivity index (χ0n) is 16.4. The summed E-state index contributed by atoms with van der Waals surface area (Å²) in [7, 11) is -4.10. The number of fused-ring (bicyclic) bond motifs is 2.